The van der Waals surface area contributed by atoms with Gasteiger partial charge in [-0.3, -0.25) is 33.5 Å². The molecule has 1 aliphatic carbocycles. The second-order valence-electron chi connectivity index (χ2n) is 17.7. The van der Waals surface area contributed by atoms with Crippen molar-refractivity contribution in [3.8, 4) is 0 Å². The third-order valence-corrected chi connectivity index (χ3v) is 12.0. The number of carbonyl (C=O) groups is 6. The quantitative estimate of drug-likeness (QED) is 0.146. The molecule has 2 aliphatic heterocycles. The molecule has 324 valence electrons. The van der Waals surface area contributed by atoms with Crippen LogP contribution in [-0.2, 0) is 35.1 Å². The van der Waals surface area contributed by atoms with E-state index in [0.717, 1.165) is 32.1 Å². The van der Waals surface area contributed by atoms with E-state index in [1.807, 2.05) is 18.2 Å². The third-order valence-electron chi connectivity index (χ3n) is 12.0. The molecule has 1 saturated carbocycles. The molecule has 59 heavy (non-hydrogen) atoms. The first-order chi connectivity index (χ1) is 28.1. The standard InChI is InChI=1S/C44H66N8O7/c1-44(2,3)59-43(58)52-27-31(32-16-8-9-18-35(32)52)24-34-37(53)25-29(15-10-21-49-42(46)47-4)39(55)48-20-11-17-33(45)41(57)51-22-12-19-36(51)38(54)26-30(40(56)50-34)23-28-13-6-5-7-14-28/h8-9,16,18,27-30,33-34,36H,5-7,10-15,17,19-26,45H2,1-4H3,(H,48,55)(H,50,56)(H3,46,47,49)/t29-,30+,33+,34+,36+/m1/s1. The molecule has 15 nitrogen and oxygen atoms in total. The lowest BCUT2D eigenvalue weighted by molar-refractivity contribution is -0.140. The Morgan fingerprint density at radius 3 is 2.39 bits per heavy atom. The molecule has 0 unspecified atom stereocenters. The Balaban J connectivity index is 1.51. The number of rotatable bonds is 8. The van der Waals surface area contributed by atoms with Gasteiger partial charge in [-0.15, -0.1) is 0 Å². The number of aromatic nitrogens is 1. The van der Waals surface area contributed by atoms with Gasteiger partial charge in [-0.05, 0) is 83.3 Å². The van der Waals surface area contributed by atoms with Gasteiger partial charge in [-0.1, -0.05) is 50.3 Å². The van der Waals surface area contributed by atoms with Crippen molar-refractivity contribution in [3.63, 3.8) is 0 Å². The number of amides is 3. The summed E-state index contributed by atoms with van der Waals surface area (Å²) >= 11 is 0. The van der Waals surface area contributed by atoms with E-state index in [9.17, 15) is 28.8 Å². The molecule has 3 fully saturated rings. The molecule has 0 spiro atoms. The average molecular weight is 819 g/mol. The number of nitrogens with zero attached hydrogens (tertiary/aromatic N) is 3. The van der Waals surface area contributed by atoms with E-state index in [-0.39, 0.29) is 61.1 Å². The molecule has 5 rings (SSSR count). The predicted molar refractivity (Wildman–Crippen MR) is 226 cm³/mol. The third kappa shape index (κ3) is 12.6. The van der Waals surface area contributed by atoms with E-state index in [0.29, 0.717) is 74.5 Å². The molecular weight excluding hydrogens is 753 g/mol. The van der Waals surface area contributed by atoms with Crippen LogP contribution >= 0.6 is 0 Å². The molecule has 2 aromatic rings. The van der Waals surface area contributed by atoms with Gasteiger partial charge in [0.25, 0.3) is 0 Å². The van der Waals surface area contributed by atoms with Crippen LogP contribution in [0.15, 0.2) is 35.5 Å². The number of nitrogens with one attached hydrogen (secondary N) is 3. The lowest BCUT2D eigenvalue weighted by Crippen LogP contribution is -2.50. The summed E-state index contributed by atoms with van der Waals surface area (Å²) in [5.74, 6) is -2.50. The number of Topliss-reactive ketones (excluding diaryl/α,β-unsaturated/α-hetero) is 2. The summed E-state index contributed by atoms with van der Waals surface area (Å²) in [5.41, 5.74) is 12.7. The minimum atomic E-state index is -1.08. The Hall–Kier alpha value is -4.79. The average Bonchev–Trinajstić information content (AvgIpc) is 3.85. The van der Waals surface area contributed by atoms with Gasteiger partial charge in [0.05, 0.1) is 23.6 Å². The molecule has 5 atom stereocenters. The molecule has 2 saturated heterocycles. The maximum Gasteiger partial charge on any atom is 0.419 e. The number of hydrogen-bond donors (Lipinski definition) is 5. The van der Waals surface area contributed by atoms with Crippen molar-refractivity contribution in [1.29, 1.82) is 0 Å². The van der Waals surface area contributed by atoms with Gasteiger partial charge in [-0.2, -0.15) is 0 Å². The molecule has 3 amide bonds. The molecular formula is C44H66N8O7. The second kappa shape index (κ2) is 20.9. The van der Waals surface area contributed by atoms with Crippen molar-refractivity contribution in [3.05, 3.63) is 36.0 Å². The summed E-state index contributed by atoms with van der Waals surface area (Å²) in [6, 6.07) is 4.73. The van der Waals surface area contributed by atoms with Crippen molar-refractivity contribution in [1.82, 2.24) is 25.4 Å². The molecule has 15 heteroatoms. The largest absolute Gasteiger partial charge is 0.443 e. The zero-order valence-electron chi connectivity index (χ0n) is 35.4. The van der Waals surface area contributed by atoms with Gasteiger partial charge in [-0.25, -0.2) is 4.79 Å². The van der Waals surface area contributed by atoms with Gasteiger partial charge in [0.1, 0.15) is 5.60 Å². The van der Waals surface area contributed by atoms with Gasteiger partial charge >= 0.3 is 6.09 Å². The van der Waals surface area contributed by atoms with E-state index in [4.69, 9.17) is 16.2 Å². The number of carbonyl (C=O) groups excluding carboxylic acids is 6. The van der Waals surface area contributed by atoms with E-state index >= 15 is 0 Å². The first kappa shape index (κ1) is 45.3. The molecule has 7 N–H and O–H groups in total. The number of ketones is 2. The van der Waals surface area contributed by atoms with Gasteiger partial charge in [0.15, 0.2) is 17.5 Å². The lowest BCUT2D eigenvalue weighted by Gasteiger charge is -2.30. The molecule has 0 radical (unpaired) electrons. The molecule has 3 aliphatic rings. The van der Waals surface area contributed by atoms with Crippen molar-refractivity contribution >= 4 is 52.2 Å². The number of benzene rings is 1. The van der Waals surface area contributed by atoms with Gasteiger partial charge in [0.2, 0.25) is 17.7 Å². The highest BCUT2D eigenvalue weighted by Gasteiger charge is 2.39. The number of fused-ring (bicyclic) bond motifs is 2. The van der Waals surface area contributed by atoms with Crippen LogP contribution in [0.3, 0.4) is 0 Å². The normalized spacial score (nSPS) is 25.2. The Morgan fingerprint density at radius 1 is 0.932 bits per heavy atom. The van der Waals surface area contributed by atoms with Crippen LogP contribution in [0, 0.1) is 17.8 Å². The number of ether oxygens (including phenoxy) is 1. The fourth-order valence-corrected chi connectivity index (χ4v) is 8.85. The first-order valence-electron chi connectivity index (χ1n) is 21.6. The number of guanidine groups is 1. The van der Waals surface area contributed by atoms with Crippen LogP contribution in [0.4, 0.5) is 4.79 Å². The number of para-hydroxylation sites is 1. The fraction of sp³-hybridized carbons (Fsp3) is 0.659. The van der Waals surface area contributed by atoms with Gasteiger partial charge in [0, 0.05) is 69.4 Å². The Bertz CT molecular complexity index is 1840. The van der Waals surface area contributed by atoms with Crippen LogP contribution in [0.25, 0.3) is 10.9 Å². The Labute approximate surface area is 348 Å². The summed E-state index contributed by atoms with van der Waals surface area (Å²) in [4.78, 5) is 89.9. The molecule has 1 aromatic carbocycles. The van der Waals surface area contributed by atoms with Gasteiger partial charge < -0.3 is 37.1 Å². The number of aliphatic imine (C=N–C) groups is 1. The van der Waals surface area contributed by atoms with E-state index in [1.165, 1.54) is 4.57 Å². The van der Waals surface area contributed by atoms with Crippen LogP contribution < -0.4 is 27.4 Å². The lowest BCUT2D eigenvalue weighted by atomic mass is 9.80. The van der Waals surface area contributed by atoms with Crippen molar-refractivity contribution < 1.29 is 33.5 Å². The second-order valence-corrected chi connectivity index (χ2v) is 17.7. The van der Waals surface area contributed by atoms with Crippen LogP contribution in [0.5, 0.6) is 0 Å². The summed E-state index contributed by atoms with van der Waals surface area (Å²) in [6.07, 6.45) is 9.25. The molecule has 0 bridgehead atoms. The highest BCUT2D eigenvalue weighted by molar-refractivity contribution is 5.97. The monoisotopic (exact) mass is 819 g/mol. The van der Waals surface area contributed by atoms with Crippen LogP contribution in [-0.4, -0.2) is 101 Å². The minimum absolute atomic E-state index is 0.0349. The van der Waals surface area contributed by atoms with E-state index in [2.05, 4.69) is 20.9 Å². The highest BCUT2D eigenvalue weighted by atomic mass is 16.6. The maximum absolute atomic E-state index is 14.7. The number of nitrogens with two attached hydrogens (primary N) is 2. The van der Waals surface area contributed by atoms with E-state index in [1.54, 1.807) is 45.0 Å². The summed E-state index contributed by atoms with van der Waals surface area (Å²) in [6.45, 7) is 6.44. The molecule has 3 heterocycles. The zero-order chi connectivity index (χ0) is 42.7. The summed E-state index contributed by atoms with van der Waals surface area (Å²) < 4.78 is 7.14. The van der Waals surface area contributed by atoms with Crippen LogP contribution in [0.1, 0.15) is 116 Å². The minimum Gasteiger partial charge on any atom is -0.443 e. The Kier molecular flexibility index (Phi) is 16.1. The highest BCUT2D eigenvalue weighted by Crippen LogP contribution is 2.32. The summed E-state index contributed by atoms with van der Waals surface area (Å²) in [5, 5.41) is 9.75. The Morgan fingerprint density at radius 2 is 1.66 bits per heavy atom. The predicted octanol–water partition coefficient (Wildman–Crippen LogP) is 4.12. The topological polar surface area (TPSA) is 220 Å². The van der Waals surface area contributed by atoms with Crippen molar-refractivity contribution in [2.24, 2.45) is 34.2 Å². The first-order valence-corrected chi connectivity index (χ1v) is 21.6. The van der Waals surface area contributed by atoms with Crippen LogP contribution in [0.2, 0.25) is 0 Å². The fourth-order valence-electron chi connectivity index (χ4n) is 8.85. The van der Waals surface area contributed by atoms with Crippen molar-refractivity contribution in [2.45, 2.75) is 141 Å². The SMILES string of the molecule is CN=C(N)NCCC[C@@H]1CC(=O)[C@H](Cc2cn(C(=O)OC(C)(C)C)c3ccccc23)NC(=O)[C@@H](CC2CCCCC2)CC(=O)[C@@H]2CCCN2C(=O)[C@@H](N)CCCNC1=O. The maximum atomic E-state index is 14.7. The zero-order valence-corrected chi connectivity index (χ0v) is 35.4. The summed E-state index contributed by atoms with van der Waals surface area (Å²) in [7, 11) is 1.57. The van der Waals surface area contributed by atoms with E-state index < -0.39 is 47.6 Å². The van der Waals surface area contributed by atoms with Crippen molar-refractivity contribution in [2.75, 3.05) is 26.7 Å². The molecule has 1 aromatic heterocycles. The number of hydrogen-bond acceptors (Lipinski definition) is 9. The smallest absolute Gasteiger partial charge is 0.419 e.